The first-order valence-corrected chi connectivity index (χ1v) is 8.59. The van der Waals surface area contributed by atoms with E-state index in [1.165, 1.54) is 11.3 Å². The number of pyridine rings is 1. The van der Waals surface area contributed by atoms with Crippen molar-refractivity contribution in [2.75, 3.05) is 0 Å². The first-order valence-electron chi connectivity index (χ1n) is 7.71. The second-order valence-corrected chi connectivity index (χ2v) is 6.72. The molecule has 0 aliphatic heterocycles. The van der Waals surface area contributed by atoms with Crippen LogP contribution in [0.1, 0.15) is 23.6 Å². The summed E-state index contributed by atoms with van der Waals surface area (Å²) in [5.74, 6) is 0.0325. The first-order chi connectivity index (χ1) is 11.7. The van der Waals surface area contributed by atoms with Crippen molar-refractivity contribution in [1.82, 2.24) is 19.7 Å². The maximum atomic E-state index is 12.2. The van der Waals surface area contributed by atoms with Gasteiger partial charge in [0.15, 0.2) is 0 Å². The number of carbonyl (C=O) groups is 1. The Labute approximate surface area is 143 Å². The summed E-state index contributed by atoms with van der Waals surface area (Å²) in [4.78, 5) is 20.9. The van der Waals surface area contributed by atoms with Gasteiger partial charge < -0.3 is 4.74 Å². The van der Waals surface area contributed by atoms with Crippen molar-refractivity contribution in [3.8, 4) is 10.7 Å². The third kappa shape index (κ3) is 3.07. The van der Waals surface area contributed by atoms with Gasteiger partial charge in [0, 0.05) is 30.7 Å². The van der Waals surface area contributed by atoms with E-state index in [-0.39, 0.29) is 24.4 Å². The lowest BCUT2D eigenvalue weighted by molar-refractivity contribution is -0.146. The number of hydrogen-bond donors (Lipinski definition) is 0. The van der Waals surface area contributed by atoms with E-state index >= 15 is 0 Å². The summed E-state index contributed by atoms with van der Waals surface area (Å²) >= 11 is 1.50. The van der Waals surface area contributed by atoms with Crippen LogP contribution in [-0.4, -0.2) is 25.7 Å². The van der Waals surface area contributed by atoms with Crippen LogP contribution in [0.3, 0.4) is 0 Å². The molecule has 7 heteroatoms. The number of ether oxygens (including phenoxy) is 1. The van der Waals surface area contributed by atoms with Crippen LogP contribution in [0.4, 0.5) is 0 Å². The molecule has 4 rings (SSSR count). The van der Waals surface area contributed by atoms with Gasteiger partial charge in [0.1, 0.15) is 11.6 Å². The van der Waals surface area contributed by atoms with Crippen molar-refractivity contribution in [1.29, 1.82) is 0 Å². The number of aryl methyl sites for hydroxylation is 1. The molecular formula is C17H16N4O2S. The lowest BCUT2D eigenvalue weighted by atomic mass is 10.2. The van der Waals surface area contributed by atoms with Gasteiger partial charge in [-0.2, -0.15) is 5.10 Å². The molecule has 2 unspecified atom stereocenters. The highest BCUT2D eigenvalue weighted by Crippen LogP contribution is 2.48. The average Bonchev–Trinajstić information content (AvgIpc) is 3.05. The minimum absolute atomic E-state index is 0.0527. The largest absolute Gasteiger partial charge is 0.459 e. The van der Waals surface area contributed by atoms with E-state index in [0.29, 0.717) is 0 Å². The van der Waals surface area contributed by atoms with E-state index in [1.807, 2.05) is 43.0 Å². The van der Waals surface area contributed by atoms with Crippen LogP contribution in [0, 0.1) is 5.92 Å². The molecule has 3 heterocycles. The highest BCUT2D eigenvalue weighted by atomic mass is 32.1. The summed E-state index contributed by atoms with van der Waals surface area (Å²) < 4.78 is 7.17. The predicted octanol–water partition coefficient (Wildman–Crippen LogP) is 2.79. The van der Waals surface area contributed by atoms with Gasteiger partial charge in [-0.3, -0.25) is 14.5 Å². The summed E-state index contributed by atoms with van der Waals surface area (Å²) in [6, 6.07) is 5.71. The van der Waals surface area contributed by atoms with Crippen LogP contribution in [0.2, 0.25) is 0 Å². The molecule has 1 aliphatic carbocycles. The van der Waals surface area contributed by atoms with Crippen LogP contribution < -0.4 is 0 Å². The van der Waals surface area contributed by atoms with Gasteiger partial charge in [-0.25, -0.2) is 4.98 Å². The second-order valence-electron chi connectivity index (χ2n) is 5.86. The summed E-state index contributed by atoms with van der Waals surface area (Å²) in [5, 5.41) is 6.89. The highest BCUT2D eigenvalue weighted by molar-refractivity contribution is 7.13. The quantitative estimate of drug-likeness (QED) is 0.668. The maximum Gasteiger partial charge on any atom is 0.309 e. The van der Waals surface area contributed by atoms with E-state index in [4.69, 9.17) is 4.74 Å². The summed E-state index contributed by atoms with van der Waals surface area (Å²) in [6.07, 6.45) is 6.35. The lowest BCUT2D eigenvalue weighted by Gasteiger charge is -2.01. The fourth-order valence-corrected chi connectivity index (χ4v) is 3.47. The molecule has 0 spiro atoms. The second kappa shape index (κ2) is 6.16. The number of hydrogen-bond acceptors (Lipinski definition) is 6. The van der Waals surface area contributed by atoms with Gasteiger partial charge in [-0.1, -0.05) is 6.07 Å². The zero-order valence-electron chi connectivity index (χ0n) is 13.1. The van der Waals surface area contributed by atoms with Gasteiger partial charge in [-0.05, 0) is 24.1 Å². The van der Waals surface area contributed by atoms with Gasteiger partial charge in [-0.15, -0.1) is 11.3 Å². The molecule has 2 atom stereocenters. The number of rotatable bonds is 5. The normalized spacial score (nSPS) is 19.2. The highest BCUT2D eigenvalue weighted by Gasteiger charge is 2.45. The summed E-state index contributed by atoms with van der Waals surface area (Å²) in [6.45, 7) is 0.207. The van der Waals surface area contributed by atoms with Gasteiger partial charge in [0.25, 0.3) is 0 Å². The lowest BCUT2D eigenvalue weighted by Crippen LogP contribution is -2.08. The molecular weight excluding hydrogens is 324 g/mol. The Hall–Kier alpha value is -2.54. The van der Waals surface area contributed by atoms with Crippen LogP contribution in [-0.2, 0) is 23.2 Å². The summed E-state index contributed by atoms with van der Waals surface area (Å²) in [5.41, 5.74) is 2.69. The Balaban J connectivity index is 1.33. The first kappa shape index (κ1) is 15.0. The third-order valence-corrected chi connectivity index (χ3v) is 4.96. The van der Waals surface area contributed by atoms with Crippen LogP contribution in [0.5, 0.6) is 0 Å². The van der Waals surface area contributed by atoms with Crippen molar-refractivity contribution in [3.05, 3.63) is 53.4 Å². The van der Waals surface area contributed by atoms with Gasteiger partial charge >= 0.3 is 5.97 Å². The Kier molecular flexibility index (Phi) is 3.86. The standard InChI is InChI=1S/C17H16N4O2S/c1-21-8-11(7-19-21)13-6-14(13)17(22)23-9-12-10-24-16(20-12)15-4-2-3-5-18-15/h2-5,7-8,10,13-14H,6,9H2,1H3. The molecule has 0 amide bonds. The SMILES string of the molecule is Cn1cc(C2CC2C(=O)OCc2csc(-c3ccccn3)n2)cn1. The molecule has 122 valence electrons. The molecule has 0 aromatic carbocycles. The molecule has 6 nitrogen and oxygen atoms in total. The number of esters is 1. The van der Waals surface area contributed by atoms with Crippen molar-refractivity contribution >= 4 is 17.3 Å². The predicted molar refractivity (Wildman–Crippen MR) is 89.2 cm³/mol. The molecule has 1 saturated carbocycles. The fourth-order valence-electron chi connectivity index (χ4n) is 2.69. The number of nitrogens with zero attached hydrogens (tertiary/aromatic N) is 4. The van der Waals surface area contributed by atoms with Crippen molar-refractivity contribution in [3.63, 3.8) is 0 Å². The third-order valence-electron chi connectivity index (χ3n) is 4.04. The molecule has 0 N–H and O–H groups in total. The Morgan fingerprint density at radius 3 is 3.12 bits per heavy atom. The summed E-state index contributed by atoms with van der Waals surface area (Å²) in [7, 11) is 1.88. The zero-order chi connectivity index (χ0) is 16.5. The molecule has 1 fully saturated rings. The van der Waals surface area contributed by atoms with E-state index in [1.54, 1.807) is 10.9 Å². The minimum Gasteiger partial charge on any atom is -0.459 e. The van der Waals surface area contributed by atoms with Gasteiger partial charge in [0.05, 0.1) is 23.5 Å². The van der Waals surface area contributed by atoms with Crippen LogP contribution in [0.15, 0.2) is 42.2 Å². The smallest absolute Gasteiger partial charge is 0.309 e. The van der Waals surface area contributed by atoms with Crippen molar-refractivity contribution < 1.29 is 9.53 Å². The molecule has 1 aliphatic rings. The monoisotopic (exact) mass is 340 g/mol. The van der Waals surface area contributed by atoms with Crippen LogP contribution in [0.25, 0.3) is 10.7 Å². The Morgan fingerprint density at radius 1 is 1.46 bits per heavy atom. The Bertz CT molecular complexity index is 858. The van der Waals surface area contributed by atoms with Crippen molar-refractivity contribution in [2.45, 2.75) is 18.9 Å². The van der Waals surface area contributed by atoms with E-state index in [2.05, 4.69) is 15.1 Å². The van der Waals surface area contributed by atoms with Crippen LogP contribution >= 0.6 is 11.3 Å². The fraction of sp³-hybridized carbons (Fsp3) is 0.294. The number of thiazole rings is 1. The molecule has 3 aromatic heterocycles. The average molecular weight is 340 g/mol. The minimum atomic E-state index is -0.156. The maximum absolute atomic E-state index is 12.2. The molecule has 24 heavy (non-hydrogen) atoms. The van der Waals surface area contributed by atoms with Gasteiger partial charge in [0.2, 0.25) is 0 Å². The van der Waals surface area contributed by atoms with E-state index < -0.39 is 0 Å². The van der Waals surface area contributed by atoms with E-state index in [9.17, 15) is 4.79 Å². The zero-order valence-corrected chi connectivity index (χ0v) is 13.9. The molecule has 0 bridgehead atoms. The number of aromatic nitrogens is 4. The molecule has 0 saturated heterocycles. The molecule has 0 radical (unpaired) electrons. The Morgan fingerprint density at radius 2 is 2.38 bits per heavy atom. The number of carbonyl (C=O) groups excluding carboxylic acids is 1. The van der Waals surface area contributed by atoms with Crippen molar-refractivity contribution in [2.24, 2.45) is 13.0 Å². The molecule has 3 aromatic rings. The van der Waals surface area contributed by atoms with E-state index in [0.717, 1.165) is 28.4 Å². The topological polar surface area (TPSA) is 69.9 Å².